The summed E-state index contributed by atoms with van der Waals surface area (Å²) in [5.74, 6) is 0.959. The van der Waals surface area contributed by atoms with Crippen LogP contribution in [-0.4, -0.2) is 6.04 Å². The van der Waals surface area contributed by atoms with Gasteiger partial charge in [-0.15, -0.1) is 0 Å². The van der Waals surface area contributed by atoms with Gasteiger partial charge in [0.2, 0.25) is 0 Å². The van der Waals surface area contributed by atoms with E-state index in [0.29, 0.717) is 12.5 Å². The van der Waals surface area contributed by atoms with Gasteiger partial charge < -0.3 is 5.32 Å². The molecule has 84 valence electrons. The smallest absolute Gasteiger partial charge is 0.0669 e. The predicted molar refractivity (Wildman–Crippen MR) is 66.2 cm³/mol. The van der Waals surface area contributed by atoms with Crippen LogP contribution in [0.25, 0.3) is 0 Å². The van der Waals surface area contributed by atoms with Crippen LogP contribution < -0.4 is 5.32 Å². The van der Waals surface area contributed by atoms with Gasteiger partial charge in [-0.3, -0.25) is 0 Å². The first kappa shape index (κ1) is 11.0. The van der Waals surface area contributed by atoms with E-state index in [0.717, 1.165) is 17.2 Å². The third kappa shape index (κ3) is 3.27. The molecule has 0 amide bonds. The number of nitriles is 1. The molecule has 2 rings (SSSR count). The molecule has 1 aliphatic carbocycles. The molecule has 0 spiro atoms. The quantitative estimate of drug-likeness (QED) is 0.815. The molecule has 1 N–H and O–H groups in total. The molecule has 2 nitrogen and oxygen atoms in total. The van der Waals surface area contributed by atoms with E-state index in [1.165, 1.54) is 19.3 Å². The molecule has 1 fully saturated rings. The lowest BCUT2D eigenvalue weighted by molar-refractivity contribution is 0.642. The Kier molecular flexibility index (Phi) is 3.46. The number of rotatable bonds is 5. The summed E-state index contributed by atoms with van der Waals surface area (Å²) in [7, 11) is 0. The lowest BCUT2D eigenvalue weighted by Gasteiger charge is -2.14. The largest absolute Gasteiger partial charge is 0.383 e. The zero-order valence-corrected chi connectivity index (χ0v) is 9.74. The fourth-order valence-electron chi connectivity index (χ4n) is 2.01. The standard InChI is InChI=1S/C14H18N2/c1-11(10-13-2-3-13)16-14-6-4-12(5-7-14)8-9-15/h4-7,11,13,16H,2-3,8,10H2,1H3. The molecule has 1 atom stereocenters. The predicted octanol–water partition coefficient (Wildman–Crippen LogP) is 3.35. The molecule has 1 saturated carbocycles. The molecule has 1 aliphatic rings. The minimum atomic E-state index is 0.498. The molecule has 0 heterocycles. The Balaban J connectivity index is 1.86. The Labute approximate surface area is 97.3 Å². The molecular weight excluding hydrogens is 196 g/mol. The summed E-state index contributed by atoms with van der Waals surface area (Å²) in [5, 5.41) is 12.1. The van der Waals surface area contributed by atoms with Crippen LogP contribution >= 0.6 is 0 Å². The van der Waals surface area contributed by atoms with Crippen LogP contribution in [-0.2, 0) is 6.42 Å². The van der Waals surface area contributed by atoms with Crippen molar-refractivity contribution in [3.05, 3.63) is 29.8 Å². The van der Waals surface area contributed by atoms with Gasteiger partial charge in [0.05, 0.1) is 12.5 Å². The first-order valence-corrected chi connectivity index (χ1v) is 6.00. The van der Waals surface area contributed by atoms with Crippen molar-refractivity contribution in [1.82, 2.24) is 0 Å². The maximum Gasteiger partial charge on any atom is 0.0669 e. The molecule has 0 aromatic heterocycles. The van der Waals surface area contributed by atoms with Crippen molar-refractivity contribution in [2.24, 2.45) is 5.92 Å². The van der Waals surface area contributed by atoms with Crippen molar-refractivity contribution in [1.29, 1.82) is 5.26 Å². The molecular formula is C14H18N2. The summed E-state index contributed by atoms with van der Waals surface area (Å²) in [6, 6.07) is 10.9. The van der Waals surface area contributed by atoms with E-state index in [4.69, 9.17) is 5.26 Å². The average Bonchev–Trinajstić information content (AvgIpc) is 3.05. The zero-order chi connectivity index (χ0) is 11.4. The average molecular weight is 214 g/mol. The maximum atomic E-state index is 8.57. The van der Waals surface area contributed by atoms with E-state index < -0.39 is 0 Å². The van der Waals surface area contributed by atoms with Gasteiger partial charge in [-0.25, -0.2) is 0 Å². The van der Waals surface area contributed by atoms with Crippen LogP contribution in [0.15, 0.2) is 24.3 Å². The lowest BCUT2D eigenvalue weighted by Crippen LogP contribution is -2.15. The Morgan fingerprint density at radius 1 is 1.38 bits per heavy atom. The molecule has 0 radical (unpaired) electrons. The first-order valence-electron chi connectivity index (χ1n) is 6.00. The Hall–Kier alpha value is -1.49. The van der Waals surface area contributed by atoms with Crippen LogP contribution in [0.3, 0.4) is 0 Å². The van der Waals surface area contributed by atoms with Gasteiger partial charge in [-0.05, 0) is 37.0 Å². The van der Waals surface area contributed by atoms with Crippen LogP contribution in [0.4, 0.5) is 5.69 Å². The summed E-state index contributed by atoms with van der Waals surface area (Å²) >= 11 is 0. The molecule has 16 heavy (non-hydrogen) atoms. The van der Waals surface area contributed by atoms with Gasteiger partial charge in [0.15, 0.2) is 0 Å². The number of benzene rings is 1. The Morgan fingerprint density at radius 3 is 2.62 bits per heavy atom. The van der Waals surface area contributed by atoms with Crippen molar-refractivity contribution in [2.45, 2.75) is 38.6 Å². The minimum absolute atomic E-state index is 0.498. The summed E-state index contributed by atoms with van der Waals surface area (Å²) in [6.45, 7) is 2.24. The van der Waals surface area contributed by atoms with E-state index in [-0.39, 0.29) is 0 Å². The molecule has 0 bridgehead atoms. The van der Waals surface area contributed by atoms with Crippen LogP contribution in [0.5, 0.6) is 0 Å². The van der Waals surface area contributed by atoms with Gasteiger partial charge in [-0.1, -0.05) is 25.0 Å². The van der Waals surface area contributed by atoms with Crippen LogP contribution in [0, 0.1) is 17.2 Å². The maximum absolute atomic E-state index is 8.57. The highest BCUT2D eigenvalue weighted by Crippen LogP contribution is 2.34. The van der Waals surface area contributed by atoms with Gasteiger partial charge in [0.25, 0.3) is 0 Å². The van der Waals surface area contributed by atoms with Crippen LogP contribution in [0.2, 0.25) is 0 Å². The molecule has 2 heteroatoms. The second kappa shape index (κ2) is 5.03. The van der Waals surface area contributed by atoms with Gasteiger partial charge in [-0.2, -0.15) is 5.26 Å². The second-order valence-corrected chi connectivity index (χ2v) is 4.76. The SMILES string of the molecule is CC(CC1CC1)Nc1ccc(CC#N)cc1. The minimum Gasteiger partial charge on any atom is -0.383 e. The third-order valence-electron chi connectivity index (χ3n) is 3.03. The van der Waals surface area contributed by atoms with Crippen molar-refractivity contribution < 1.29 is 0 Å². The number of nitrogens with zero attached hydrogens (tertiary/aromatic N) is 1. The number of hydrogen-bond donors (Lipinski definition) is 1. The second-order valence-electron chi connectivity index (χ2n) is 4.76. The van der Waals surface area contributed by atoms with E-state index >= 15 is 0 Å². The van der Waals surface area contributed by atoms with Crippen molar-refractivity contribution >= 4 is 5.69 Å². The molecule has 1 unspecified atom stereocenters. The summed E-state index contributed by atoms with van der Waals surface area (Å²) in [5.41, 5.74) is 2.25. The Bertz CT molecular complexity index is 371. The van der Waals surface area contributed by atoms with Crippen molar-refractivity contribution in [2.75, 3.05) is 5.32 Å². The first-order chi connectivity index (χ1) is 7.78. The Morgan fingerprint density at radius 2 is 2.06 bits per heavy atom. The normalized spacial score (nSPS) is 16.5. The number of hydrogen-bond acceptors (Lipinski definition) is 2. The van der Waals surface area contributed by atoms with Crippen molar-refractivity contribution in [3.63, 3.8) is 0 Å². The van der Waals surface area contributed by atoms with Gasteiger partial charge in [0, 0.05) is 11.7 Å². The number of nitrogens with one attached hydrogen (secondary N) is 1. The summed E-state index contributed by atoms with van der Waals surface area (Å²) in [4.78, 5) is 0. The monoisotopic (exact) mass is 214 g/mol. The van der Waals surface area contributed by atoms with E-state index in [1.54, 1.807) is 0 Å². The highest BCUT2D eigenvalue weighted by atomic mass is 14.9. The van der Waals surface area contributed by atoms with E-state index in [2.05, 4.69) is 30.4 Å². The molecule has 1 aromatic carbocycles. The van der Waals surface area contributed by atoms with Gasteiger partial charge in [0.1, 0.15) is 0 Å². The zero-order valence-electron chi connectivity index (χ0n) is 9.74. The highest BCUT2D eigenvalue weighted by Gasteiger charge is 2.23. The van der Waals surface area contributed by atoms with Crippen LogP contribution in [0.1, 0.15) is 31.7 Å². The summed E-state index contributed by atoms with van der Waals surface area (Å²) < 4.78 is 0. The molecule has 0 saturated heterocycles. The topological polar surface area (TPSA) is 35.8 Å². The summed E-state index contributed by atoms with van der Waals surface area (Å²) in [6.07, 6.45) is 4.60. The fourth-order valence-corrected chi connectivity index (χ4v) is 2.01. The van der Waals surface area contributed by atoms with E-state index in [1.807, 2.05) is 12.1 Å². The fraction of sp³-hybridized carbons (Fsp3) is 0.500. The molecule has 0 aliphatic heterocycles. The van der Waals surface area contributed by atoms with E-state index in [9.17, 15) is 0 Å². The third-order valence-corrected chi connectivity index (χ3v) is 3.03. The van der Waals surface area contributed by atoms with Gasteiger partial charge >= 0.3 is 0 Å². The molecule has 1 aromatic rings. The highest BCUT2D eigenvalue weighted by molar-refractivity contribution is 5.45. The lowest BCUT2D eigenvalue weighted by atomic mass is 10.1. The van der Waals surface area contributed by atoms with Crippen molar-refractivity contribution in [3.8, 4) is 6.07 Å². The number of anilines is 1.